The van der Waals surface area contributed by atoms with Gasteiger partial charge in [-0.15, -0.1) is 11.3 Å². The van der Waals surface area contributed by atoms with E-state index in [1.807, 2.05) is 50.5 Å². The van der Waals surface area contributed by atoms with Crippen LogP contribution in [0.1, 0.15) is 24.1 Å². The number of aromatic nitrogens is 3. The van der Waals surface area contributed by atoms with Crippen LogP contribution in [-0.4, -0.2) is 47.0 Å². The number of amides is 1. The van der Waals surface area contributed by atoms with E-state index in [0.717, 1.165) is 64.6 Å². The van der Waals surface area contributed by atoms with Gasteiger partial charge in [0.15, 0.2) is 10.3 Å². The summed E-state index contributed by atoms with van der Waals surface area (Å²) in [5.41, 5.74) is 0.822. The number of aryl methyl sites for hydroxylation is 1. The zero-order valence-corrected chi connectivity index (χ0v) is 20.3. The van der Waals surface area contributed by atoms with Crippen molar-refractivity contribution in [3.05, 3.63) is 41.4 Å². The van der Waals surface area contributed by atoms with E-state index in [1.54, 1.807) is 11.3 Å². The largest absolute Gasteiger partial charge is 0.355 e. The predicted octanol–water partition coefficient (Wildman–Crippen LogP) is 4.28. The molecule has 172 valence electrons. The van der Waals surface area contributed by atoms with Gasteiger partial charge in [0.25, 0.3) is 0 Å². The Morgan fingerprint density at radius 1 is 1.18 bits per heavy atom. The minimum atomic E-state index is 0.116. The summed E-state index contributed by atoms with van der Waals surface area (Å²) in [5, 5.41) is 11.2. The van der Waals surface area contributed by atoms with Gasteiger partial charge in [-0.3, -0.25) is 4.79 Å². The second kappa shape index (κ2) is 9.66. The summed E-state index contributed by atoms with van der Waals surface area (Å²) < 4.78 is 0. The third-order valence-corrected chi connectivity index (χ3v) is 7.45. The van der Waals surface area contributed by atoms with E-state index in [1.165, 1.54) is 11.8 Å². The molecule has 1 aromatic carbocycles. The summed E-state index contributed by atoms with van der Waals surface area (Å²) >= 11 is 3.11. The minimum absolute atomic E-state index is 0.116. The highest BCUT2D eigenvalue weighted by molar-refractivity contribution is 7.99. The molecule has 0 bridgehead atoms. The van der Waals surface area contributed by atoms with E-state index in [9.17, 15) is 4.79 Å². The lowest BCUT2D eigenvalue weighted by atomic mass is 10.3. The van der Waals surface area contributed by atoms with Crippen LogP contribution in [0.25, 0.3) is 0 Å². The van der Waals surface area contributed by atoms with E-state index in [0.29, 0.717) is 11.2 Å². The molecule has 2 aromatic heterocycles. The van der Waals surface area contributed by atoms with Crippen LogP contribution >= 0.6 is 23.1 Å². The molecule has 0 spiro atoms. The first-order chi connectivity index (χ1) is 16.1. The van der Waals surface area contributed by atoms with Crippen LogP contribution in [0.3, 0.4) is 0 Å². The molecule has 1 aliphatic carbocycles. The molecule has 0 unspecified atom stereocenters. The fourth-order valence-corrected chi connectivity index (χ4v) is 5.15. The fourth-order valence-electron chi connectivity index (χ4n) is 3.71. The number of carbonyl (C=O) groups is 1. The van der Waals surface area contributed by atoms with Crippen molar-refractivity contribution in [2.75, 3.05) is 35.7 Å². The normalized spacial score (nSPS) is 17.9. The standard InChI is InChI=1S/C23H27N7OS2/c1-14-12-25-22(32-14)27-19-11-20(30-10-9-17(13-30)24-2)29-23(28-19)33-18-7-5-16(6-8-18)26-21(31)15-3-4-15/h5-8,11-12,15,17,24H,3-4,9-10,13H2,1-2H3,(H,26,31)(H,25,27,28,29)/t17-/m1/s1. The molecule has 0 radical (unpaired) electrons. The molecule has 3 N–H and O–H groups in total. The van der Waals surface area contributed by atoms with Gasteiger partial charge in [-0.25, -0.2) is 15.0 Å². The van der Waals surface area contributed by atoms with Gasteiger partial charge in [-0.1, -0.05) is 0 Å². The Kier molecular flexibility index (Phi) is 6.48. The van der Waals surface area contributed by atoms with Gasteiger partial charge in [0.2, 0.25) is 5.91 Å². The lowest BCUT2D eigenvalue weighted by Crippen LogP contribution is -2.30. The zero-order chi connectivity index (χ0) is 22.8. The van der Waals surface area contributed by atoms with Gasteiger partial charge >= 0.3 is 0 Å². The van der Waals surface area contributed by atoms with Crippen LogP contribution < -0.4 is 20.9 Å². The summed E-state index contributed by atoms with van der Waals surface area (Å²) in [4.78, 5) is 30.4. The Hall–Kier alpha value is -2.69. The molecule has 33 heavy (non-hydrogen) atoms. The third kappa shape index (κ3) is 5.63. The molecule has 1 saturated heterocycles. The van der Waals surface area contributed by atoms with Crippen LogP contribution in [0.5, 0.6) is 0 Å². The van der Waals surface area contributed by atoms with Crippen LogP contribution in [-0.2, 0) is 4.79 Å². The number of nitrogens with zero attached hydrogens (tertiary/aromatic N) is 4. The second-order valence-corrected chi connectivity index (χ2v) is 10.7. The molecule has 1 saturated carbocycles. The molecule has 1 amide bonds. The summed E-state index contributed by atoms with van der Waals surface area (Å²) in [6.45, 7) is 3.91. The topological polar surface area (TPSA) is 95.1 Å². The first-order valence-electron chi connectivity index (χ1n) is 11.2. The first-order valence-corrected chi connectivity index (χ1v) is 12.8. The number of anilines is 4. The van der Waals surface area contributed by atoms with Crippen molar-refractivity contribution >= 4 is 51.5 Å². The number of carbonyl (C=O) groups excluding carboxylic acids is 1. The molecule has 2 aliphatic rings. The van der Waals surface area contributed by atoms with Crippen molar-refractivity contribution in [3.63, 3.8) is 0 Å². The first kappa shape index (κ1) is 22.1. The number of benzene rings is 1. The average molecular weight is 482 g/mol. The zero-order valence-electron chi connectivity index (χ0n) is 18.7. The summed E-state index contributed by atoms with van der Waals surface area (Å²) in [6.07, 6.45) is 4.94. The van der Waals surface area contributed by atoms with Gasteiger partial charge in [0.05, 0.1) is 0 Å². The molecule has 1 atom stereocenters. The molecule has 3 aromatic rings. The van der Waals surface area contributed by atoms with Crippen molar-refractivity contribution in [1.29, 1.82) is 0 Å². The van der Waals surface area contributed by atoms with Crippen molar-refractivity contribution in [2.45, 2.75) is 42.3 Å². The van der Waals surface area contributed by atoms with Gasteiger partial charge < -0.3 is 20.9 Å². The van der Waals surface area contributed by atoms with E-state index in [4.69, 9.17) is 9.97 Å². The number of nitrogens with one attached hydrogen (secondary N) is 3. The van der Waals surface area contributed by atoms with Crippen LogP contribution in [0.15, 0.2) is 46.6 Å². The van der Waals surface area contributed by atoms with Gasteiger partial charge in [0.1, 0.15) is 11.6 Å². The quantitative estimate of drug-likeness (QED) is 0.410. The van der Waals surface area contributed by atoms with Crippen LogP contribution in [0, 0.1) is 12.8 Å². The maximum absolute atomic E-state index is 12.0. The van der Waals surface area contributed by atoms with Crippen molar-refractivity contribution in [2.24, 2.45) is 5.92 Å². The minimum Gasteiger partial charge on any atom is -0.355 e. The smallest absolute Gasteiger partial charge is 0.227 e. The maximum atomic E-state index is 12.0. The Labute approximate surface area is 201 Å². The highest BCUT2D eigenvalue weighted by Gasteiger charge is 2.29. The van der Waals surface area contributed by atoms with Gasteiger partial charge in [-0.05, 0) is 69.3 Å². The number of hydrogen-bond acceptors (Lipinski definition) is 9. The number of rotatable bonds is 8. The monoisotopic (exact) mass is 481 g/mol. The molecule has 3 heterocycles. The number of thiazole rings is 1. The average Bonchev–Trinajstić information content (AvgIpc) is 3.42. The molecule has 8 nitrogen and oxygen atoms in total. The van der Waals surface area contributed by atoms with E-state index in [-0.39, 0.29) is 11.8 Å². The summed E-state index contributed by atoms with van der Waals surface area (Å²) in [6, 6.07) is 10.3. The lowest BCUT2D eigenvalue weighted by Gasteiger charge is -2.19. The van der Waals surface area contributed by atoms with E-state index >= 15 is 0 Å². The van der Waals surface area contributed by atoms with E-state index < -0.39 is 0 Å². The SMILES string of the molecule is CN[C@@H]1CCN(c2cc(Nc3ncc(C)s3)nc(Sc3ccc(NC(=O)C4CC4)cc3)n2)C1. The van der Waals surface area contributed by atoms with E-state index in [2.05, 4.69) is 25.8 Å². The Balaban J connectivity index is 1.35. The van der Waals surface area contributed by atoms with Gasteiger partial charge in [-0.2, -0.15) is 0 Å². The predicted molar refractivity (Wildman–Crippen MR) is 134 cm³/mol. The molecular weight excluding hydrogens is 454 g/mol. The Morgan fingerprint density at radius 2 is 2.00 bits per heavy atom. The molecule has 1 aliphatic heterocycles. The Bertz CT molecular complexity index is 1130. The Morgan fingerprint density at radius 3 is 2.67 bits per heavy atom. The lowest BCUT2D eigenvalue weighted by molar-refractivity contribution is -0.117. The number of hydrogen-bond donors (Lipinski definition) is 3. The second-order valence-electron chi connectivity index (χ2n) is 8.41. The highest BCUT2D eigenvalue weighted by Crippen LogP contribution is 2.33. The van der Waals surface area contributed by atoms with Gasteiger partial charge in [0, 0.05) is 52.8 Å². The van der Waals surface area contributed by atoms with Crippen molar-refractivity contribution < 1.29 is 4.79 Å². The summed E-state index contributed by atoms with van der Waals surface area (Å²) in [7, 11) is 2.00. The molecule has 2 fully saturated rings. The van der Waals surface area contributed by atoms with Crippen molar-refractivity contribution in [3.8, 4) is 0 Å². The number of likely N-dealkylation sites (N-methyl/N-ethyl adjacent to an activating group) is 1. The molecule has 5 rings (SSSR count). The van der Waals surface area contributed by atoms with Crippen LogP contribution in [0.4, 0.5) is 22.5 Å². The van der Waals surface area contributed by atoms with Crippen molar-refractivity contribution in [1.82, 2.24) is 20.3 Å². The molecule has 10 heteroatoms. The highest BCUT2D eigenvalue weighted by atomic mass is 32.2. The molecular formula is C23H27N7OS2. The third-order valence-electron chi connectivity index (χ3n) is 5.75. The maximum Gasteiger partial charge on any atom is 0.227 e. The fraction of sp³-hybridized carbons (Fsp3) is 0.391. The van der Waals surface area contributed by atoms with Crippen LogP contribution in [0.2, 0.25) is 0 Å². The summed E-state index contributed by atoms with van der Waals surface area (Å²) in [5.74, 6) is 1.95.